The summed E-state index contributed by atoms with van der Waals surface area (Å²) in [5.74, 6) is -0.499. The molecule has 0 bridgehead atoms. The van der Waals surface area contributed by atoms with Crippen LogP contribution in [-0.2, 0) is 4.79 Å². The fourth-order valence-electron chi connectivity index (χ4n) is 2.31. The lowest BCUT2D eigenvalue weighted by atomic mass is 10.1. The predicted octanol–water partition coefficient (Wildman–Crippen LogP) is 2.52. The number of pyridine rings is 1. The average molecular weight is 330 g/mol. The molecule has 1 N–H and O–H groups in total. The van der Waals surface area contributed by atoms with Crippen molar-refractivity contribution in [3.63, 3.8) is 0 Å². The van der Waals surface area contributed by atoms with Gasteiger partial charge < -0.3 is 10.2 Å². The van der Waals surface area contributed by atoms with Crippen LogP contribution in [0.3, 0.4) is 0 Å². The largest absolute Gasteiger partial charge is 0.341 e. The van der Waals surface area contributed by atoms with E-state index in [1.54, 1.807) is 11.8 Å². The van der Waals surface area contributed by atoms with Crippen LogP contribution in [0, 0.1) is 0 Å². The van der Waals surface area contributed by atoms with Crippen molar-refractivity contribution in [2.45, 2.75) is 32.2 Å². The second kappa shape index (κ2) is 7.09. The third-order valence-corrected chi connectivity index (χ3v) is 3.96. The zero-order valence-electron chi connectivity index (χ0n) is 11.7. The first-order valence-electron chi connectivity index (χ1n) is 6.89. The van der Waals surface area contributed by atoms with Gasteiger partial charge in [-0.05, 0) is 32.3 Å². The minimum absolute atomic E-state index is 0.0701. The number of nitrogens with zero attached hydrogens (tertiary/aromatic N) is 2. The molecular formula is C14H17Cl2N3O2. The van der Waals surface area contributed by atoms with Gasteiger partial charge in [-0.1, -0.05) is 23.2 Å². The molecule has 114 valence electrons. The number of rotatable bonds is 3. The molecule has 1 atom stereocenters. The first kappa shape index (κ1) is 16.0. The van der Waals surface area contributed by atoms with E-state index in [0.717, 1.165) is 32.4 Å². The summed E-state index contributed by atoms with van der Waals surface area (Å²) in [5.41, 5.74) is 0.218. The molecule has 2 heterocycles. The van der Waals surface area contributed by atoms with Gasteiger partial charge in [-0.15, -0.1) is 0 Å². The molecule has 1 aromatic heterocycles. The monoisotopic (exact) mass is 329 g/mol. The van der Waals surface area contributed by atoms with E-state index in [1.807, 2.05) is 0 Å². The van der Waals surface area contributed by atoms with Crippen molar-refractivity contribution in [1.82, 2.24) is 15.2 Å². The van der Waals surface area contributed by atoms with E-state index in [1.165, 1.54) is 12.3 Å². The first-order chi connectivity index (χ1) is 9.99. The quantitative estimate of drug-likeness (QED) is 0.866. The maximum absolute atomic E-state index is 12.3. The molecule has 2 amide bonds. The molecule has 0 radical (unpaired) electrons. The van der Waals surface area contributed by atoms with Crippen LogP contribution in [0.25, 0.3) is 0 Å². The molecular weight excluding hydrogens is 313 g/mol. The van der Waals surface area contributed by atoms with Gasteiger partial charge in [0, 0.05) is 19.3 Å². The van der Waals surface area contributed by atoms with E-state index in [4.69, 9.17) is 23.2 Å². The number of hydrogen-bond acceptors (Lipinski definition) is 3. The van der Waals surface area contributed by atoms with Crippen LogP contribution in [0.15, 0.2) is 12.3 Å². The molecule has 1 fully saturated rings. The Hall–Kier alpha value is -1.33. The third-order valence-electron chi connectivity index (χ3n) is 3.45. The summed E-state index contributed by atoms with van der Waals surface area (Å²) in [5, 5.41) is 3.04. The number of aromatic nitrogens is 1. The van der Waals surface area contributed by atoms with Gasteiger partial charge in [-0.3, -0.25) is 9.59 Å². The smallest absolute Gasteiger partial charge is 0.253 e. The van der Waals surface area contributed by atoms with Crippen molar-refractivity contribution in [3.05, 3.63) is 28.0 Å². The van der Waals surface area contributed by atoms with Crippen LogP contribution in [0.1, 0.15) is 36.5 Å². The summed E-state index contributed by atoms with van der Waals surface area (Å²) in [4.78, 5) is 30.0. The molecule has 1 saturated heterocycles. The zero-order chi connectivity index (χ0) is 15.4. The van der Waals surface area contributed by atoms with Gasteiger partial charge in [0.05, 0.1) is 10.6 Å². The lowest BCUT2D eigenvalue weighted by Gasteiger charge is -2.29. The number of amides is 2. The van der Waals surface area contributed by atoms with Crippen molar-refractivity contribution in [2.24, 2.45) is 0 Å². The van der Waals surface area contributed by atoms with Crippen LogP contribution in [0.5, 0.6) is 0 Å². The normalized spacial score (nSPS) is 16.4. The van der Waals surface area contributed by atoms with Crippen LogP contribution in [0.2, 0.25) is 10.2 Å². The van der Waals surface area contributed by atoms with E-state index in [2.05, 4.69) is 10.3 Å². The standard InChI is InChI=1S/C14H17Cl2N3O2/c1-9(14(21)19-5-3-2-4-6-19)18-13(20)10-7-12(16)17-8-11(10)15/h7-9H,2-6H2,1H3,(H,18,20). The lowest BCUT2D eigenvalue weighted by Crippen LogP contribution is -2.48. The summed E-state index contributed by atoms with van der Waals surface area (Å²) in [6, 6.07) is 0.788. The molecule has 21 heavy (non-hydrogen) atoms. The Bertz CT molecular complexity index is 545. The molecule has 1 unspecified atom stereocenters. The van der Waals surface area contributed by atoms with Crippen molar-refractivity contribution in [3.8, 4) is 0 Å². The maximum atomic E-state index is 12.3. The second-order valence-electron chi connectivity index (χ2n) is 5.07. The highest BCUT2D eigenvalue weighted by Crippen LogP contribution is 2.18. The Balaban J connectivity index is 2.01. The maximum Gasteiger partial charge on any atom is 0.253 e. The summed E-state index contributed by atoms with van der Waals surface area (Å²) in [6.07, 6.45) is 4.49. The number of likely N-dealkylation sites (tertiary alicyclic amines) is 1. The molecule has 1 aromatic rings. The lowest BCUT2D eigenvalue weighted by molar-refractivity contribution is -0.133. The van der Waals surface area contributed by atoms with Crippen LogP contribution < -0.4 is 5.32 Å². The molecule has 5 nitrogen and oxygen atoms in total. The molecule has 0 aromatic carbocycles. The van der Waals surface area contributed by atoms with E-state index in [-0.39, 0.29) is 21.6 Å². The minimum atomic E-state index is -0.599. The van der Waals surface area contributed by atoms with Gasteiger partial charge in [0.25, 0.3) is 5.91 Å². The summed E-state index contributed by atoms with van der Waals surface area (Å²) in [7, 11) is 0. The van der Waals surface area contributed by atoms with Gasteiger partial charge in [0.1, 0.15) is 11.2 Å². The fraction of sp³-hybridized carbons (Fsp3) is 0.500. The Morgan fingerprint density at radius 1 is 1.29 bits per heavy atom. The van der Waals surface area contributed by atoms with Crippen molar-refractivity contribution >= 4 is 35.0 Å². The van der Waals surface area contributed by atoms with Crippen LogP contribution in [0.4, 0.5) is 0 Å². The summed E-state index contributed by atoms with van der Waals surface area (Å²) >= 11 is 11.7. The Morgan fingerprint density at radius 3 is 2.62 bits per heavy atom. The highest BCUT2D eigenvalue weighted by atomic mass is 35.5. The summed E-state index contributed by atoms with van der Waals surface area (Å²) < 4.78 is 0. The molecule has 0 spiro atoms. The number of halogens is 2. The molecule has 7 heteroatoms. The van der Waals surface area contributed by atoms with Crippen LogP contribution >= 0.6 is 23.2 Å². The van der Waals surface area contributed by atoms with Gasteiger partial charge in [-0.25, -0.2) is 4.98 Å². The van der Waals surface area contributed by atoms with E-state index in [0.29, 0.717) is 0 Å². The Kier molecular flexibility index (Phi) is 5.42. The number of carbonyl (C=O) groups excluding carboxylic acids is 2. The van der Waals surface area contributed by atoms with Gasteiger partial charge in [-0.2, -0.15) is 0 Å². The first-order valence-corrected chi connectivity index (χ1v) is 7.65. The molecule has 1 aliphatic heterocycles. The van der Waals surface area contributed by atoms with Crippen molar-refractivity contribution in [2.75, 3.05) is 13.1 Å². The number of hydrogen-bond donors (Lipinski definition) is 1. The third kappa shape index (κ3) is 4.08. The predicted molar refractivity (Wildman–Crippen MR) is 81.6 cm³/mol. The number of carbonyl (C=O) groups is 2. The molecule has 0 saturated carbocycles. The molecule has 1 aliphatic rings. The highest BCUT2D eigenvalue weighted by Gasteiger charge is 2.24. The van der Waals surface area contributed by atoms with Crippen LogP contribution in [-0.4, -0.2) is 40.8 Å². The number of nitrogens with one attached hydrogen (secondary N) is 1. The van der Waals surface area contributed by atoms with Gasteiger partial charge >= 0.3 is 0 Å². The van der Waals surface area contributed by atoms with E-state index >= 15 is 0 Å². The SMILES string of the molecule is CC(NC(=O)c1cc(Cl)ncc1Cl)C(=O)N1CCCCC1. The Labute approximate surface area is 133 Å². The summed E-state index contributed by atoms with van der Waals surface area (Å²) in [6.45, 7) is 3.17. The topological polar surface area (TPSA) is 62.3 Å². The van der Waals surface area contributed by atoms with Gasteiger partial charge in [0.2, 0.25) is 5.91 Å². The number of piperidine rings is 1. The molecule has 2 rings (SSSR count). The van der Waals surface area contributed by atoms with E-state index < -0.39 is 11.9 Å². The fourth-order valence-corrected chi connectivity index (χ4v) is 2.66. The van der Waals surface area contributed by atoms with Crippen molar-refractivity contribution in [1.29, 1.82) is 0 Å². The average Bonchev–Trinajstić information content (AvgIpc) is 2.49. The van der Waals surface area contributed by atoms with E-state index in [9.17, 15) is 9.59 Å². The van der Waals surface area contributed by atoms with Crippen molar-refractivity contribution < 1.29 is 9.59 Å². The highest BCUT2D eigenvalue weighted by molar-refractivity contribution is 6.35. The second-order valence-corrected chi connectivity index (χ2v) is 5.86. The zero-order valence-corrected chi connectivity index (χ0v) is 13.2. The van der Waals surface area contributed by atoms with Gasteiger partial charge in [0.15, 0.2) is 0 Å². The minimum Gasteiger partial charge on any atom is -0.341 e. The Morgan fingerprint density at radius 2 is 1.95 bits per heavy atom. The molecule has 0 aliphatic carbocycles.